The van der Waals surface area contributed by atoms with Crippen LogP contribution in [0.4, 0.5) is 0 Å². The molecule has 0 bridgehead atoms. The normalized spacial score (nSPS) is 11.8. The first-order valence-electron chi connectivity index (χ1n) is 17.4. The minimum atomic E-state index is 0.594. The van der Waals surface area contributed by atoms with Gasteiger partial charge < -0.3 is 4.42 Å². The summed E-state index contributed by atoms with van der Waals surface area (Å²) in [4.78, 5) is 20.4. The predicted octanol–water partition coefficient (Wildman–Crippen LogP) is 13.1. The molecule has 0 saturated heterocycles. The van der Waals surface area contributed by atoms with Gasteiger partial charge in [-0.3, -0.25) is 0 Å². The summed E-state index contributed by atoms with van der Waals surface area (Å²) in [5.41, 5.74) is 8.61. The summed E-state index contributed by atoms with van der Waals surface area (Å²) in [5, 5.41) is 5.49. The fourth-order valence-corrected chi connectivity index (χ4v) is 9.42. The van der Waals surface area contributed by atoms with Gasteiger partial charge in [0.05, 0.1) is 10.2 Å². The molecule has 0 N–H and O–H groups in total. The van der Waals surface area contributed by atoms with Gasteiger partial charge in [-0.1, -0.05) is 115 Å². The highest BCUT2D eigenvalue weighted by Gasteiger charge is 2.21. The Morgan fingerprint density at radius 1 is 0.377 bits per heavy atom. The quantitative estimate of drug-likeness (QED) is 0.178. The molecule has 11 rings (SSSR count). The maximum absolute atomic E-state index is 6.56. The predicted molar refractivity (Wildman–Crippen MR) is 220 cm³/mol. The van der Waals surface area contributed by atoms with E-state index in [1.807, 2.05) is 54.6 Å². The number of thiazole rings is 1. The Morgan fingerprint density at radius 2 is 1.02 bits per heavy atom. The molecular weight excluding hydrogens is 689 g/mol. The van der Waals surface area contributed by atoms with E-state index in [0.717, 1.165) is 65.8 Å². The average Bonchev–Trinajstić information content (AvgIpc) is 3.94. The first kappa shape index (κ1) is 30.1. The third-order valence-corrected chi connectivity index (χ3v) is 12.0. The molecule has 0 fully saturated rings. The van der Waals surface area contributed by atoms with Crippen molar-refractivity contribution in [1.82, 2.24) is 19.9 Å². The lowest BCUT2D eigenvalue weighted by atomic mass is 9.96. The van der Waals surface area contributed by atoms with Gasteiger partial charge in [-0.05, 0) is 53.6 Å². The second kappa shape index (κ2) is 12.0. The van der Waals surface area contributed by atoms with E-state index in [0.29, 0.717) is 17.5 Å². The van der Waals surface area contributed by atoms with Crippen molar-refractivity contribution in [3.8, 4) is 55.9 Å². The Labute approximate surface area is 311 Å². The van der Waals surface area contributed by atoms with Crippen LogP contribution >= 0.6 is 22.7 Å². The molecule has 5 nitrogen and oxygen atoms in total. The monoisotopic (exact) mass is 714 g/mol. The second-order valence-corrected chi connectivity index (χ2v) is 15.1. The van der Waals surface area contributed by atoms with Gasteiger partial charge in [-0.15, -0.1) is 22.7 Å². The van der Waals surface area contributed by atoms with Gasteiger partial charge in [-0.25, -0.2) is 19.9 Å². The highest BCUT2D eigenvalue weighted by molar-refractivity contribution is 7.25. The number of hydrogen-bond acceptors (Lipinski definition) is 7. The van der Waals surface area contributed by atoms with Crippen LogP contribution in [0.1, 0.15) is 0 Å². The van der Waals surface area contributed by atoms with Gasteiger partial charge >= 0.3 is 0 Å². The third-order valence-electron chi connectivity index (χ3n) is 9.78. The van der Waals surface area contributed by atoms with E-state index in [2.05, 4.69) is 103 Å². The Bertz CT molecular complexity index is 3160. The molecule has 4 heterocycles. The molecule has 0 radical (unpaired) electrons. The number of fused-ring (bicyclic) bond motifs is 7. The first-order valence-corrected chi connectivity index (χ1v) is 19.0. The maximum atomic E-state index is 6.56. The Kier molecular flexibility index (Phi) is 6.83. The Morgan fingerprint density at radius 3 is 1.87 bits per heavy atom. The fourth-order valence-electron chi connectivity index (χ4n) is 7.32. The van der Waals surface area contributed by atoms with E-state index in [4.69, 9.17) is 24.4 Å². The van der Waals surface area contributed by atoms with Crippen LogP contribution in [0.5, 0.6) is 0 Å². The number of furan rings is 1. The summed E-state index contributed by atoms with van der Waals surface area (Å²) < 4.78 is 10.2. The number of rotatable bonds is 5. The van der Waals surface area contributed by atoms with E-state index in [1.54, 1.807) is 22.7 Å². The molecule has 0 unspecified atom stereocenters. The van der Waals surface area contributed by atoms with Crippen LogP contribution in [0, 0.1) is 0 Å². The van der Waals surface area contributed by atoms with Crippen LogP contribution in [-0.4, -0.2) is 19.9 Å². The molecule has 0 aliphatic rings. The molecule has 0 saturated carbocycles. The summed E-state index contributed by atoms with van der Waals surface area (Å²) in [6.45, 7) is 0. The Hall–Kier alpha value is -6.54. The van der Waals surface area contributed by atoms with Crippen molar-refractivity contribution in [2.75, 3.05) is 0 Å². The minimum Gasteiger partial charge on any atom is -0.456 e. The summed E-state index contributed by atoms with van der Waals surface area (Å²) in [6, 6.07) is 54.5. The standard InChI is InChI=1S/C46H26N4OS2/c1-2-11-27(12-3-1)43-48-44(29-23-24-33-32-15-4-6-21-38(32)52-40(33)26-29)50-45(49-43)34-17-10-20-37-42(34)41-31(16-9-19-36(41)51-37)28-13-8-14-30(25-28)46-47-35-18-5-7-22-39(35)53-46/h1-26H. The van der Waals surface area contributed by atoms with E-state index in [1.165, 1.54) is 24.9 Å². The minimum absolute atomic E-state index is 0.594. The fraction of sp³-hybridized carbons (Fsp3) is 0. The second-order valence-electron chi connectivity index (χ2n) is 13.0. The van der Waals surface area contributed by atoms with E-state index >= 15 is 0 Å². The number of benzene rings is 7. The molecule has 7 aromatic carbocycles. The maximum Gasteiger partial charge on any atom is 0.164 e. The van der Waals surface area contributed by atoms with Crippen molar-refractivity contribution >= 4 is 75.0 Å². The molecule has 0 spiro atoms. The SMILES string of the molecule is c1ccc(-c2nc(-c3ccc4c(c3)sc3ccccc34)nc(-c3cccc4oc5cccc(-c6cccc(-c7nc8ccccc8s7)c6)c5c34)n2)cc1. The van der Waals surface area contributed by atoms with Crippen LogP contribution in [0.15, 0.2) is 162 Å². The summed E-state index contributed by atoms with van der Waals surface area (Å²) in [6.07, 6.45) is 0. The molecule has 0 atom stereocenters. The largest absolute Gasteiger partial charge is 0.456 e. The lowest BCUT2D eigenvalue weighted by molar-refractivity contribution is 0.669. The zero-order valence-corrected chi connectivity index (χ0v) is 29.7. The summed E-state index contributed by atoms with van der Waals surface area (Å²) >= 11 is 3.50. The van der Waals surface area contributed by atoms with Crippen LogP contribution in [0.2, 0.25) is 0 Å². The smallest absolute Gasteiger partial charge is 0.164 e. The van der Waals surface area contributed by atoms with Crippen LogP contribution < -0.4 is 0 Å². The topological polar surface area (TPSA) is 64.7 Å². The van der Waals surface area contributed by atoms with Crippen molar-refractivity contribution in [2.45, 2.75) is 0 Å². The van der Waals surface area contributed by atoms with Crippen molar-refractivity contribution in [3.63, 3.8) is 0 Å². The molecule has 248 valence electrons. The molecule has 0 aliphatic heterocycles. The zero-order chi connectivity index (χ0) is 34.9. The van der Waals surface area contributed by atoms with Gasteiger partial charge in [0.1, 0.15) is 16.2 Å². The van der Waals surface area contributed by atoms with Gasteiger partial charge in [0.25, 0.3) is 0 Å². The first-order chi connectivity index (χ1) is 26.2. The van der Waals surface area contributed by atoms with Crippen LogP contribution in [0.25, 0.3) is 108 Å². The number of thiophene rings is 1. The van der Waals surface area contributed by atoms with Crippen molar-refractivity contribution in [2.24, 2.45) is 0 Å². The highest BCUT2D eigenvalue weighted by atomic mass is 32.1. The van der Waals surface area contributed by atoms with E-state index in [9.17, 15) is 0 Å². The molecular formula is C46H26N4OS2. The Balaban J connectivity index is 1.11. The molecule has 0 amide bonds. The third kappa shape index (κ3) is 5.04. The zero-order valence-electron chi connectivity index (χ0n) is 28.0. The number of para-hydroxylation sites is 1. The van der Waals surface area contributed by atoms with Crippen molar-refractivity contribution in [1.29, 1.82) is 0 Å². The number of aromatic nitrogens is 4. The average molecular weight is 715 g/mol. The molecule has 53 heavy (non-hydrogen) atoms. The molecule has 4 aromatic heterocycles. The summed E-state index contributed by atoms with van der Waals surface area (Å²) in [5.74, 6) is 1.84. The lowest BCUT2D eigenvalue weighted by Crippen LogP contribution is -2.00. The molecule has 7 heteroatoms. The summed E-state index contributed by atoms with van der Waals surface area (Å²) in [7, 11) is 0. The number of nitrogens with zero attached hydrogens (tertiary/aromatic N) is 4. The number of hydrogen-bond donors (Lipinski definition) is 0. The van der Waals surface area contributed by atoms with Crippen LogP contribution in [0.3, 0.4) is 0 Å². The van der Waals surface area contributed by atoms with Gasteiger partial charge in [0.15, 0.2) is 17.5 Å². The van der Waals surface area contributed by atoms with Crippen molar-refractivity contribution in [3.05, 3.63) is 158 Å². The lowest BCUT2D eigenvalue weighted by Gasteiger charge is -2.10. The highest BCUT2D eigenvalue weighted by Crippen LogP contribution is 2.43. The van der Waals surface area contributed by atoms with Crippen molar-refractivity contribution < 1.29 is 4.42 Å². The molecule has 0 aliphatic carbocycles. The van der Waals surface area contributed by atoms with Gasteiger partial charge in [-0.2, -0.15) is 0 Å². The van der Waals surface area contributed by atoms with E-state index in [-0.39, 0.29) is 0 Å². The van der Waals surface area contributed by atoms with E-state index < -0.39 is 0 Å². The van der Waals surface area contributed by atoms with Crippen LogP contribution in [-0.2, 0) is 0 Å². The van der Waals surface area contributed by atoms with Gasteiger partial charge in [0.2, 0.25) is 0 Å². The molecule has 11 aromatic rings. The van der Waals surface area contributed by atoms with Gasteiger partial charge in [0, 0.05) is 53.2 Å².